The van der Waals surface area contributed by atoms with Crippen LogP contribution in [0.25, 0.3) is 22.0 Å². The highest BCUT2D eigenvalue weighted by atomic mass is 15.2. The van der Waals surface area contributed by atoms with E-state index in [4.69, 9.17) is 0 Å². The molecule has 3 nitrogen and oxygen atoms in total. The van der Waals surface area contributed by atoms with E-state index in [-0.39, 0.29) is 0 Å². The molecule has 1 saturated heterocycles. The Labute approximate surface area is 193 Å². The van der Waals surface area contributed by atoms with E-state index in [0.29, 0.717) is 0 Å². The summed E-state index contributed by atoms with van der Waals surface area (Å²) in [4.78, 5) is 5.77. The van der Waals surface area contributed by atoms with Crippen LogP contribution in [0.3, 0.4) is 0 Å². The van der Waals surface area contributed by atoms with Crippen molar-refractivity contribution in [1.82, 2.24) is 15.2 Å². The largest absolute Gasteiger partial charge is 0.361 e. The van der Waals surface area contributed by atoms with Gasteiger partial charge >= 0.3 is 0 Å². The smallest absolute Gasteiger partial charge is 0.0454 e. The summed E-state index contributed by atoms with van der Waals surface area (Å²) in [6.45, 7) is 18.0. The average Bonchev–Trinajstić information content (AvgIpc) is 3.30. The van der Waals surface area contributed by atoms with Crippen LogP contribution in [-0.2, 0) is 6.54 Å². The van der Waals surface area contributed by atoms with Crippen molar-refractivity contribution in [1.29, 1.82) is 0 Å². The fourth-order valence-electron chi connectivity index (χ4n) is 4.22. The summed E-state index contributed by atoms with van der Waals surface area (Å²) in [7, 11) is 0. The van der Waals surface area contributed by atoms with Crippen LogP contribution in [0.5, 0.6) is 0 Å². The molecule has 3 heteroatoms. The minimum atomic E-state index is 1.02. The maximum Gasteiger partial charge on any atom is 0.0454 e. The van der Waals surface area contributed by atoms with Crippen LogP contribution in [0.4, 0.5) is 0 Å². The van der Waals surface area contributed by atoms with Crippen LogP contribution in [0, 0.1) is 0 Å². The Hall–Kier alpha value is -2.88. The third kappa shape index (κ3) is 5.87. The van der Waals surface area contributed by atoms with E-state index in [2.05, 4.69) is 96.3 Å². The molecule has 32 heavy (non-hydrogen) atoms. The Morgan fingerprint density at radius 3 is 2.38 bits per heavy atom. The Balaban J connectivity index is 0.00000141. The van der Waals surface area contributed by atoms with Gasteiger partial charge in [-0.15, -0.1) is 0 Å². The first-order valence-corrected chi connectivity index (χ1v) is 11.8. The standard InChI is InChI=1S/C27H31N3.C2H6/c1-4-26(24-9-10-27-25(18-24)11-12-29-27)21(3)17-20(2)23-7-5-22(6-8-23)19-30-15-13-28-14-16-30;1-2/h4-12,17-18,28-29H,2,13-16,19H2,1,3H3;1-2H3/b21-17+,26-4+;. The zero-order valence-corrected chi connectivity index (χ0v) is 20.0. The summed E-state index contributed by atoms with van der Waals surface area (Å²) in [5, 5.41) is 4.64. The average molecular weight is 428 g/mol. The van der Waals surface area contributed by atoms with Gasteiger partial charge in [-0.3, -0.25) is 4.90 Å². The summed E-state index contributed by atoms with van der Waals surface area (Å²) >= 11 is 0. The van der Waals surface area contributed by atoms with Gasteiger partial charge in [0.05, 0.1) is 0 Å². The maximum atomic E-state index is 4.34. The second-order valence-corrected chi connectivity index (χ2v) is 8.06. The van der Waals surface area contributed by atoms with Crippen molar-refractivity contribution in [2.24, 2.45) is 0 Å². The van der Waals surface area contributed by atoms with E-state index in [1.165, 1.54) is 38.7 Å². The lowest BCUT2D eigenvalue weighted by Gasteiger charge is -2.27. The molecule has 1 aliphatic rings. The molecular weight excluding hydrogens is 390 g/mol. The van der Waals surface area contributed by atoms with Gasteiger partial charge in [-0.05, 0) is 70.8 Å². The lowest BCUT2D eigenvalue weighted by molar-refractivity contribution is 0.233. The number of aromatic nitrogens is 1. The third-order valence-electron chi connectivity index (χ3n) is 5.91. The molecule has 0 spiro atoms. The van der Waals surface area contributed by atoms with Gasteiger partial charge in [0.15, 0.2) is 0 Å². The Kier molecular flexibility index (Phi) is 8.66. The topological polar surface area (TPSA) is 31.1 Å². The number of nitrogens with one attached hydrogen (secondary N) is 2. The highest BCUT2D eigenvalue weighted by Gasteiger charge is 2.10. The Morgan fingerprint density at radius 2 is 1.69 bits per heavy atom. The lowest BCUT2D eigenvalue weighted by Crippen LogP contribution is -2.42. The first kappa shape index (κ1) is 23.8. The quantitative estimate of drug-likeness (QED) is 0.431. The minimum Gasteiger partial charge on any atom is -0.361 e. The molecule has 0 unspecified atom stereocenters. The van der Waals surface area contributed by atoms with Gasteiger partial charge < -0.3 is 10.3 Å². The van der Waals surface area contributed by atoms with Crippen molar-refractivity contribution in [3.63, 3.8) is 0 Å². The van der Waals surface area contributed by atoms with Gasteiger partial charge in [0.25, 0.3) is 0 Å². The number of nitrogens with zero attached hydrogens (tertiary/aromatic N) is 1. The molecule has 0 radical (unpaired) electrons. The summed E-state index contributed by atoms with van der Waals surface area (Å²) in [5.74, 6) is 0. The molecular formula is C29H37N3. The fraction of sp³-hybridized carbons (Fsp3) is 0.310. The van der Waals surface area contributed by atoms with Crippen molar-refractivity contribution in [3.05, 3.63) is 95.7 Å². The molecule has 2 heterocycles. The molecule has 3 aromatic rings. The molecule has 1 aliphatic heterocycles. The van der Waals surface area contributed by atoms with Gasteiger partial charge in [-0.2, -0.15) is 0 Å². The SMILES string of the molecule is C=C(/C=C(C)/C(=C\C)c1ccc2[nH]ccc2c1)c1ccc(CN2CCNCC2)cc1.CC. The first-order chi connectivity index (χ1) is 15.6. The number of rotatable bonds is 6. The zero-order valence-electron chi connectivity index (χ0n) is 20.0. The van der Waals surface area contributed by atoms with Crippen LogP contribution in [0.15, 0.2) is 79.0 Å². The number of aromatic amines is 1. The van der Waals surface area contributed by atoms with Crippen molar-refractivity contribution in [2.75, 3.05) is 26.2 Å². The van der Waals surface area contributed by atoms with Crippen molar-refractivity contribution in [2.45, 2.75) is 34.2 Å². The molecule has 168 valence electrons. The van der Waals surface area contributed by atoms with Crippen molar-refractivity contribution in [3.8, 4) is 0 Å². The number of piperazine rings is 1. The van der Waals surface area contributed by atoms with E-state index in [1.54, 1.807) is 0 Å². The fourth-order valence-corrected chi connectivity index (χ4v) is 4.22. The maximum absolute atomic E-state index is 4.34. The summed E-state index contributed by atoms with van der Waals surface area (Å²) in [5.41, 5.74) is 8.46. The third-order valence-corrected chi connectivity index (χ3v) is 5.91. The highest BCUT2D eigenvalue weighted by Crippen LogP contribution is 2.28. The van der Waals surface area contributed by atoms with Crippen LogP contribution >= 0.6 is 0 Å². The molecule has 4 rings (SSSR count). The summed E-state index contributed by atoms with van der Waals surface area (Å²) < 4.78 is 0. The van der Waals surface area contributed by atoms with Gasteiger partial charge in [0.2, 0.25) is 0 Å². The molecule has 1 fully saturated rings. The molecule has 0 aliphatic carbocycles. The Bertz CT molecular complexity index is 1080. The molecule has 2 aromatic carbocycles. The number of hydrogen-bond donors (Lipinski definition) is 2. The van der Waals surface area contributed by atoms with Crippen molar-refractivity contribution < 1.29 is 0 Å². The molecule has 0 saturated carbocycles. The normalized spacial score (nSPS) is 15.4. The number of allylic oxidation sites excluding steroid dienone is 5. The van der Waals surface area contributed by atoms with E-state index >= 15 is 0 Å². The number of fused-ring (bicyclic) bond motifs is 1. The second-order valence-electron chi connectivity index (χ2n) is 8.06. The second kappa shape index (κ2) is 11.7. The Morgan fingerprint density at radius 1 is 1.00 bits per heavy atom. The lowest BCUT2D eigenvalue weighted by atomic mass is 9.94. The van der Waals surface area contributed by atoms with E-state index in [0.717, 1.165) is 38.3 Å². The van der Waals surface area contributed by atoms with Crippen molar-refractivity contribution >= 4 is 22.0 Å². The summed E-state index contributed by atoms with van der Waals surface area (Å²) in [6.07, 6.45) is 6.37. The van der Waals surface area contributed by atoms with Gasteiger partial charge in [-0.25, -0.2) is 0 Å². The van der Waals surface area contributed by atoms with Crippen LogP contribution in [0.2, 0.25) is 0 Å². The molecule has 0 amide bonds. The zero-order chi connectivity index (χ0) is 22.9. The number of H-pyrrole nitrogens is 1. The number of hydrogen-bond acceptors (Lipinski definition) is 2. The predicted molar refractivity (Wildman–Crippen MR) is 141 cm³/mol. The molecule has 0 atom stereocenters. The van der Waals surface area contributed by atoms with Gasteiger partial charge in [-0.1, -0.05) is 62.9 Å². The monoisotopic (exact) mass is 427 g/mol. The minimum absolute atomic E-state index is 1.02. The molecule has 0 bridgehead atoms. The number of benzene rings is 2. The van der Waals surface area contributed by atoms with E-state index < -0.39 is 0 Å². The van der Waals surface area contributed by atoms with Crippen LogP contribution in [0.1, 0.15) is 44.4 Å². The van der Waals surface area contributed by atoms with Gasteiger partial charge in [0.1, 0.15) is 0 Å². The van der Waals surface area contributed by atoms with Gasteiger partial charge in [0, 0.05) is 44.4 Å². The molecule has 1 aromatic heterocycles. The first-order valence-electron chi connectivity index (χ1n) is 11.8. The molecule has 2 N–H and O–H groups in total. The predicted octanol–water partition coefficient (Wildman–Crippen LogP) is 6.66. The van der Waals surface area contributed by atoms with E-state index in [9.17, 15) is 0 Å². The van der Waals surface area contributed by atoms with E-state index in [1.807, 2.05) is 20.0 Å². The highest BCUT2D eigenvalue weighted by molar-refractivity contribution is 5.89. The summed E-state index contributed by atoms with van der Waals surface area (Å²) in [6, 6.07) is 17.6. The van der Waals surface area contributed by atoms with Crippen LogP contribution in [-0.4, -0.2) is 36.1 Å². The van der Waals surface area contributed by atoms with Crippen LogP contribution < -0.4 is 5.32 Å².